The summed E-state index contributed by atoms with van der Waals surface area (Å²) in [7, 11) is 2.96. The number of carbonyl (C=O) groups is 2. The number of aromatic nitrogens is 2. The number of nitrogens with zero attached hydrogens (tertiary/aromatic N) is 2. The fourth-order valence-corrected chi connectivity index (χ4v) is 5.59. The number of rotatable bonds is 11. The van der Waals surface area contributed by atoms with Crippen molar-refractivity contribution < 1.29 is 19.1 Å². The molecule has 0 aliphatic rings. The van der Waals surface area contributed by atoms with E-state index >= 15 is 0 Å². The summed E-state index contributed by atoms with van der Waals surface area (Å²) >= 11 is 12.7. The first-order chi connectivity index (χ1) is 22.6. The third-order valence-electron chi connectivity index (χ3n) is 7.48. The van der Waals surface area contributed by atoms with E-state index in [2.05, 4.69) is 5.32 Å². The number of hydrogen-bond donors (Lipinski definition) is 1. The molecule has 240 valence electrons. The predicted octanol–water partition coefficient (Wildman–Crippen LogP) is 9.52. The first kappa shape index (κ1) is 33.5. The highest BCUT2D eigenvalue weighted by atomic mass is 35.5. The third kappa shape index (κ3) is 8.50. The number of amides is 1. The molecule has 47 heavy (non-hydrogen) atoms. The minimum Gasteiger partial charge on any atom is -0.495 e. The molecule has 1 aromatic heterocycles. The zero-order chi connectivity index (χ0) is 33.5. The van der Waals surface area contributed by atoms with Crippen LogP contribution in [0.15, 0.2) is 91.1 Å². The Morgan fingerprint density at radius 1 is 0.894 bits per heavy atom. The molecule has 1 amide bonds. The van der Waals surface area contributed by atoms with Gasteiger partial charge in [-0.2, -0.15) is 0 Å². The zero-order valence-corrected chi connectivity index (χ0v) is 28.1. The second-order valence-corrected chi connectivity index (χ2v) is 12.3. The summed E-state index contributed by atoms with van der Waals surface area (Å²) < 4.78 is 12.4. The van der Waals surface area contributed by atoms with Crippen LogP contribution in [0.3, 0.4) is 0 Å². The molecule has 0 bridgehead atoms. The number of anilines is 1. The Morgan fingerprint density at radius 2 is 1.62 bits per heavy atom. The van der Waals surface area contributed by atoms with Crippen molar-refractivity contribution >= 4 is 52.9 Å². The number of benzene rings is 4. The summed E-state index contributed by atoms with van der Waals surface area (Å²) in [6.45, 7) is 4.54. The van der Waals surface area contributed by atoms with Crippen LogP contribution in [0.5, 0.6) is 5.75 Å². The van der Waals surface area contributed by atoms with E-state index in [9.17, 15) is 9.59 Å². The number of halogens is 2. The molecule has 9 heteroatoms. The summed E-state index contributed by atoms with van der Waals surface area (Å²) in [5.74, 6) is 1.18. The maximum atomic E-state index is 12.3. The first-order valence-electron chi connectivity index (χ1n) is 15.1. The van der Waals surface area contributed by atoms with Crippen molar-refractivity contribution in [1.82, 2.24) is 9.55 Å². The molecule has 5 rings (SSSR count). The molecule has 0 aliphatic carbocycles. The normalized spacial score (nSPS) is 11.2. The maximum absolute atomic E-state index is 12.3. The average molecular weight is 669 g/mol. The Labute approximate surface area is 284 Å². The number of carbonyl (C=O) groups excluding carboxylic acids is 2. The highest BCUT2D eigenvalue weighted by molar-refractivity contribution is 6.36. The molecule has 0 spiro atoms. The average Bonchev–Trinajstić information content (AvgIpc) is 3.45. The van der Waals surface area contributed by atoms with Gasteiger partial charge in [-0.15, -0.1) is 0 Å². The lowest BCUT2D eigenvalue weighted by Crippen LogP contribution is -2.14. The fourth-order valence-electron chi connectivity index (χ4n) is 5.08. The molecule has 0 fully saturated rings. The Morgan fingerprint density at radius 3 is 2.28 bits per heavy atom. The number of esters is 1. The number of ether oxygens (including phenoxy) is 2. The maximum Gasteiger partial charge on any atom is 0.337 e. The summed E-state index contributed by atoms with van der Waals surface area (Å²) in [6.07, 6.45) is 6.36. The van der Waals surface area contributed by atoms with E-state index in [0.717, 1.165) is 33.6 Å². The lowest BCUT2D eigenvalue weighted by Gasteiger charge is -2.13. The second-order valence-electron chi connectivity index (χ2n) is 11.4. The number of methoxy groups -OCH3 is 2. The standard InChI is InChI=1S/C38H35Cl2N3O4/c1-24(2)19-37(44)42-33-17-14-29(20-35(33)46-3)27-10-5-25(6-11-27)9-18-36-41-34(31-16-15-30(39)21-32(31)40)23-43(36)22-26-7-12-28(13-8-26)38(45)47-4/h5-18,20-21,23-24H,19,22H2,1-4H3,(H,42,44)/b18-9+. The van der Waals surface area contributed by atoms with E-state index in [4.69, 9.17) is 37.7 Å². The molecular weight excluding hydrogens is 633 g/mol. The Kier molecular flexibility index (Phi) is 10.8. The molecule has 1 N–H and O–H groups in total. The van der Waals surface area contributed by atoms with Gasteiger partial charge in [-0.1, -0.05) is 85.6 Å². The monoisotopic (exact) mass is 667 g/mol. The lowest BCUT2D eigenvalue weighted by atomic mass is 10.0. The molecule has 4 aromatic carbocycles. The molecule has 0 aliphatic heterocycles. The Bertz CT molecular complexity index is 1910. The molecule has 1 heterocycles. The lowest BCUT2D eigenvalue weighted by molar-refractivity contribution is -0.116. The van der Waals surface area contributed by atoms with Gasteiger partial charge in [-0.05, 0) is 76.7 Å². The van der Waals surface area contributed by atoms with Crippen LogP contribution in [-0.4, -0.2) is 35.6 Å². The van der Waals surface area contributed by atoms with Crippen LogP contribution in [0.4, 0.5) is 5.69 Å². The van der Waals surface area contributed by atoms with E-state index in [1.165, 1.54) is 7.11 Å². The number of imidazole rings is 1. The topological polar surface area (TPSA) is 82.5 Å². The van der Waals surface area contributed by atoms with Crippen LogP contribution in [0, 0.1) is 5.92 Å². The van der Waals surface area contributed by atoms with Gasteiger partial charge in [0.2, 0.25) is 5.91 Å². The van der Waals surface area contributed by atoms with Gasteiger partial charge in [-0.3, -0.25) is 4.79 Å². The van der Waals surface area contributed by atoms with E-state index in [1.54, 1.807) is 31.4 Å². The fraction of sp³-hybridized carbons (Fsp3) is 0.184. The van der Waals surface area contributed by atoms with Crippen LogP contribution in [0.25, 0.3) is 34.5 Å². The van der Waals surface area contributed by atoms with Gasteiger partial charge in [0.1, 0.15) is 11.6 Å². The van der Waals surface area contributed by atoms with Crippen molar-refractivity contribution in [3.63, 3.8) is 0 Å². The quantitative estimate of drug-likeness (QED) is 0.142. The van der Waals surface area contributed by atoms with Crippen molar-refractivity contribution in [2.75, 3.05) is 19.5 Å². The van der Waals surface area contributed by atoms with Crippen molar-refractivity contribution in [3.8, 4) is 28.1 Å². The molecule has 7 nitrogen and oxygen atoms in total. The van der Waals surface area contributed by atoms with Crippen LogP contribution in [0.1, 0.15) is 47.6 Å². The Hall–Kier alpha value is -4.85. The van der Waals surface area contributed by atoms with E-state index in [-0.39, 0.29) is 17.8 Å². The molecule has 5 aromatic rings. The van der Waals surface area contributed by atoms with Crippen LogP contribution in [0.2, 0.25) is 10.0 Å². The molecular formula is C38H35Cl2N3O4. The minimum absolute atomic E-state index is 0.0392. The van der Waals surface area contributed by atoms with Crippen LogP contribution >= 0.6 is 23.2 Å². The summed E-state index contributed by atoms with van der Waals surface area (Å²) in [5, 5.41) is 4.01. The largest absolute Gasteiger partial charge is 0.495 e. The van der Waals surface area contributed by atoms with E-state index < -0.39 is 0 Å². The minimum atomic E-state index is -0.379. The van der Waals surface area contributed by atoms with Gasteiger partial charge in [0.25, 0.3) is 0 Å². The summed E-state index contributed by atoms with van der Waals surface area (Å²) in [5.41, 5.74) is 6.58. The molecule has 0 unspecified atom stereocenters. The number of hydrogen-bond acceptors (Lipinski definition) is 5. The molecule has 0 saturated heterocycles. The van der Waals surface area contributed by atoms with Gasteiger partial charge in [0.05, 0.1) is 36.2 Å². The summed E-state index contributed by atoms with van der Waals surface area (Å²) in [4.78, 5) is 29.1. The van der Waals surface area contributed by atoms with Gasteiger partial charge < -0.3 is 19.4 Å². The first-order valence-corrected chi connectivity index (χ1v) is 15.9. The van der Waals surface area contributed by atoms with Crippen molar-refractivity contribution in [2.45, 2.75) is 26.8 Å². The highest BCUT2D eigenvalue weighted by Crippen LogP contribution is 2.32. The van der Waals surface area contributed by atoms with Crippen molar-refractivity contribution in [3.05, 3.63) is 124 Å². The molecule has 0 atom stereocenters. The van der Waals surface area contributed by atoms with Crippen molar-refractivity contribution in [2.24, 2.45) is 5.92 Å². The second kappa shape index (κ2) is 15.2. The van der Waals surface area contributed by atoms with Crippen LogP contribution in [-0.2, 0) is 16.1 Å². The van der Waals surface area contributed by atoms with E-state index in [0.29, 0.717) is 45.7 Å². The SMILES string of the molecule is COC(=O)c1ccc(Cn2cc(-c3ccc(Cl)cc3Cl)nc2/C=C/c2ccc(-c3ccc(NC(=O)CC(C)C)c(OC)c3)cc2)cc1. The third-order valence-corrected chi connectivity index (χ3v) is 8.03. The summed E-state index contributed by atoms with van der Waals surface area (Å²) in [6, 6.07) is 26.5. The smallest absolute Gasteiger partial charge is 0.337 e. The van der Waals surface area contributed by atoms with Gasteiger partial charge in [0, 0.05) is 29.7 Å². The molecule has 0 saturated carbocycles. The van der Waals surface area contributed by atoms with Crippen LogP contribution < -0.4 is 10.1 Å². The molecule has 0 radical (unpaired) electrons. The van der Waals surface area contributed by atoms with Crippen molar-refractivity contribution in [1.29, 1.82) is 0 Å². The Balaban J connectivity index is 1.39. The van der Waals surface area contributed by atoms with Gasteiger partial charge in [-0.25, -0.2) is 9.78 Å². The predicted molar refractivity (Wildman–Crippen MR) is 190 cm³/mol. The van der Waals surface area contributed by atoms with E-state index in [1.807, 2.05) is 97.4 Å². The number of nitrogens with one attached hydrogen (secondary N) is 1. The zero-order valence-electron chi connectivity index (χ0n) is 26.6. The van der Waals surface area contributed by atoms with Gasteiger partial charge >= 0.3 is 5.97 Å². The highest BCUT2D eigenvalue weighted by Gasteiger charge is 2.14. The van der Waals surface area contributed by atoms with Gasteiger partial charge in [0.15, 0.2) is 0 Å².